The van der Waals surface area contributed by atoms with E-state index < -0.39 is 17.5 Å². The van der Waals surface area contributed by atoms with Gasteiger partial charge < -0.3 is 19.3 Å². The number of ether oxygens (including phenoxy) is 3. The fourth-order valence-electron chi connectivity index (χ4n) is 2.39. The SMILES string of the molecule is CCOC(=O)C(CC)C(C)(O)c1ccc(OC)c(OC)c1. The first-order valence-corrected chi connectivity index (χ1v) is 7.03. The van der Waals surface area contributed by atoms with Gasteiger partial charge >= 0.3 is 5.97 Å². The summed E-state index contributed by atoms with van der Waals surface area (Å²) in [7, 11) is 3.07. The minimum atomic E-state index is -1.35. The monoisotopic (exact) mass is 296 g/mol. The highest BCUT2D eigenvalue weighted by molar-refractivity contribution is 5.74. The van der Waals surface area contributed by atoms with Crippen molar-refractivity contribution in [2.45, 2.75) is 32.8 Å². The summed E-state index contributed by atoms with van der Waals surface area (Å²) in [5, 5.41) is 10.8. The Morgan fingerprint density at radius 3 is 2.33 bits per heavy atom. The highest BCUT2D eigenvalue weighted by Gasteiger charge is 2.39. The average molecular weight is 296 g/mol. The lowest BCUT2D eigenvalue weighted by atomic mass is 9.81. The molecule has 1 rings (SSSR count). The molecule has 0 aromatic heterocycles. The van der Waals surface area contributed by atoms with Gasteiger partial charge in [-0.2, -0.15) is 0 Å². The molecule has 0 heterocycles. The predicted octanol–water partition coefficient (Wildman–Crippen LogP) is 2.50. The molecule has 5 heteroatoms. The summed E-state index contributed by atoms with van der Waals surface area (Å²) in [5.41, 5.74) is -0.763. The molecule has 0 bridgehead atoms. The smallest absolute Gasteiger partial charge is 0.312 e. The van der Waals surface area contributed by atoms with Gasteiger partial charge in [0.15, 0.2) is 11.5 Å². The van der Waals surface area contributed by atoms with Crippen molar-refractivity contribution in [1.82, 2.24) is 0 Å². The third-order valence-corrected chi connectivity index (χ3v) is 3.63. The molecule has 118 valence electrons. The molecule has 0 aliphatic carbocycles. The second-order valence-corrected chi connectivity index (χ2v) is 4.93. The molecule has 0 radical (unpaired) electrons. The Kier molecular flexibility index (Phi) is 6.03. The molecule has 2 atom stereocenters. The summed E-state index contributed by atoms with van der Waals surface area (Å²) in [4.78, 5) is 12.0. The first-order chi connectivity index (χ1) is 9.92. The number of aliphatic hydroxyl groups is 1. The van der Waals surface area contributed by atoms with E-state index in [0.29, 0.717) is 23.5 Å². The maximum atomic E-state index is 12.0. The standard InChI is InChI=1S/C16H24O5/c1-6-12(15(17)21-7-2)16(3,18)11-8-9-13(19-4)14(10-11)20-5/h8-10,12,18H,6-7H2,1-5H3. The van der Waals surface area contributed by atoms with Crippen LogP contribution in [0.2, 0.25) is 0 Å². The number of carbonyl (C=O) groups is 1. The summed E-state index contributed by atoms with van der Waals surface area (Å²) in [5.74, 6) is 0.0329. The van der Waals surface area contributed by atoms with E-state index in [-0.39, 0.29) is 6.61 Å². The Hall–Kier alpha value is -1.75. The van der Waals surface area contributed by atoms with Gasteiger partial charge in [-0.1, -0.05) is 13.0 Å². The Morgan fingerprint density at radius 1 is 1.24 bits per heavy atom. The largest absolute Gasteiger partial charge is 0.493 e. The molecular formula is C16H24O5. The van der Waals surface area contributed by atoms with Gasteiger partial charge in [0.25, 0.3) is 0 Å². The predicted molar refractivity (Wildman–Crippen MR) is 79.5 cm³/mol. The molecule has 21 heavy (non-hydrogen) atoms. The van der Waals surface area contributed by atoms with E-state index in [1.165, 1.54) is 7.11 Å². The highest BCUT2D eigenvalue weighted by Crippen LogP contribution is 2.37. The third-order valence-electron chi connectivity index (χ3n) is 3.63. The van der Waals surface area contributed by atoms with Gasteiger partial charge in [0.05, 0.1) is 26.7 Å². The van der Waals surface area contributed by atoms with Crippen LogP contribution in [0.3, 0.4) is 0 Å². The number of benzene rings is 1. The summed E-state index contributed by atoms with van der Waals surface area (Å²) in [6.45, 7) is 5.49. The van der Waals surface area contributed by atoms with Crippen molar-refractivity contribution in [3.63, 3.8) is 0 Å². The summed E-state index contributed by atoms with van der Waals surface area (Å²) >= 11 is 0. The Balaban J connectivity index is 3.18. The topological polar surface area (TPSA) is 65.0 Å². The lowest BCUT2D eigenvalue weighted by Crippen LogP contribution is -2.38. The molecule has 0 aliphatic heterocycles. The second kappa shape index (κ2) is 7.31. The normalized spacial score (nSPS) is 15.0. The van der Waals surface area contributed by atoms with Crippen molar-refractivity contribution in [1.29, 1.82) is 0 Å². The zero-order valence-electron chi connectivity index (χ0n) is 13.3. The van der Waals surface area contributed by atoms with E-state index in [1.807, 2.05) is 6.92 Å². The van der Waals surface area contributed by atoms with Crippen LogP contribution in [-0.4, -0.2) is 31.9 Å². The fraction of sp³-hybridized carbons (Fsp3) is 0.562. The third kappa shape index (κ3) is 3.67. The number of rotatable bonds is 7. The molecule has 0 aliphatic rings. The lowest BCUT2D eigenvalue weighted by molar-refractivity contribution is -0.158. The van der Waals surface area contributed by atoms with E-state index in [1.54, 1.807) is 39.2 Å². The minimum Gasteiger partial charge on any atom is -0.493 e. The van der Waals surface area contributed by atoms with E-state index in [9.17, 15) is 9.90 Å². The Labute approximate surface area is 125 Å². The van der Waals surface area contributed by atoms with Gasteiger partial charge in [-0.05, 0) is 38.0 Å². The number of esters is 1. The van der Waals surface area contributed by atoms with Gasteiger partial charge in [0.1, 0.15) is 5.60 Å². The number of carbonyl (C=O) groups excluding carboxylic acids is 1. The second-order valence-electron chi connectivity index (χ2n) is 4.93. The Bertz CT molecular complexity index is 482. The van der Waals surface area contributed by atoms with Gasteiger partial charge in [0.2, 0.25) is 0 Å². The van der Waals surface area contributed by atoms with Crippen LogP contribution in [0.25, 0.3) is 0 Å². The molecular weight excluding hydrogens is 272 g/mol. The summed E-state index contributed by atoms with van der Waals surface area (Å²) < 4.78 is 15.5. The van der Waals surface area contributed by atoms with Crippen LogP contribution in [0.4, 0.5) is 0 Å². The highest BCUT2D eigenvalue weighted by atomic mass is 16.5. The number of hydrogen-bond acceptors (Lipinski definition) is 5. The maximum absolute atomic E-state index is 12.0. The van der Waals surface area contributed by atoms with Crippen molar-refractivity contribution in [3.05, 3.63) is 23.8 Å². The van der Waals surface area contributed by atoms with Gasteiger partial charge in [-0.25, -0.2) is 0 Å². The van der Waals surface area contributed by atoms with E-state index in [0.717, 1.165) is 0 Å². The number of hydrogen-bond donors (Lipinski definition) is 1. The molecule has 1 aromatic carbocycles. The first kappa shape index (κ1) is 17.3. The molecule has 0 fully saturated rings. The average Bonchev–Trinajstić information content (AvgIpc) is 2.47. The van der Waals surface area contributed by atoms with Crippen LogP contribution >= 0.6 is 0 Å². The van der Waals surface area contributed by atoms with Crippen molar-refractivity contribution in [2.75, 3.05) is 20.8 Å². The summed E-state index contributed by atoms with van der Waals surface area (Å²) in [6, 6.07) is 5.12. The van der Waals surface area contributed by atoms with Crippen LogP contribution in [-0.2, 0) is 15.1 Å². The molecule has 1 aromatic rings. The quantitative estimate of drug-likeness (QED) is 0.783. The molecule has 1 N–H and O–H groups in total. The summed E-state index contributed by atoms with van der Waals surface area (Å²) in [6.07, 6.45) is 0.472. The van der Waals surface area contributed by atoms with Gasteiger partial charge in [0, 0.05) is 0 Å². The maximum Gasteiger partial charge on any atom is 0.312 e. The zero-order chi connectivity index (χ0) is 16.0. The van der Waals surface area contributed by atoms with E-state index >= 15 is 0 Å². The van der Waals surface area contributed by atoms with Crippen molar-refractivity contribution < 1.29 is 24.1 Å². The van der Waals surface area contributed by atoms with Crippen LogP contribution in [0, 0.1) is 5.92 Å². The van der Waals surface area contributed by atoms with E-state index in [4.69, 9.17) is 14.2 Å². The lowest BCUT2D eigenvalue weighted by Gasteiger charge is -2.31. The van der Waals surface area contributed by atoms with Crippen LogP contribution < -0.4 is 9.47 Å². The Morgan fingerprint density at radius 2 is 1.86 bits per heavy atom. The van der Waals surface area contributed by atoms with E-state index in [2.05, 4.69) is 0 Å². The van der Waals surface area contributed by atoms with Crippen LogP contribution in [0.15, 0.2) is 18.2 Å². The molecule has 5 nitrogen and oxygen atoms in total. The van der Waals surface area contributed by atoms with Crippen LogP contribution in [0.1, 0.15) is 32.8 Å². The van der Waals surface area contributed by atoms with Gasteiger partial charge in [-0.3, -0.25) is 4.79 Å². The number of methoxy groups -OCH3 is 2. The van der Waals surface area contributed by atoms with Crippen molar-refractivity contribution in [3.8, 4) is 11.5 Å². The van der Waals surface area contributed by atoms with Crippen molar-refractivity contribution in [2.24, 2.45) is 5.92 Å². The fourth-order valence-corrected chi connectivity index (χ4v) is 2.39. The molecule has 0 amide bonds. The minimum absolute atomic E-state index is 0.289. The molecule has 2 unspecified atom stereocenters. The van der Waals surface area contributed by atoms with Gasteiger partial charge in [-0.15, -0.1) is 0 Å². The molecule has 0 saturated carbocycles. The first-order valence-electron chi connectivity index (χ1n) is 7.03. The molecule has 0 spiro atoms. The zero-order valence-corrected chi connectivity index (χ0v) is 13.3. The van der Waals surface area contributed by atoms with Crippen LogP contribution in [0.5, 0.6) is 11.5 Å². The van der Waals surface area contributed by atoms with Crippen molar-refractivity contribution >= 4 is 5.97 Å². The molecule has 0 saturated heterocycles.